The molecular weight excluding hydrogens is 573 g/mol. The van der Waals surface area contributed by atoms with E-state index in [1.807, 2.05) is 61.5 Å². The lowest BCUT2D eigenvalue weighted by Crippen LogP contribution is -2.22. The van der Waals surface area contributed by atoms with E-state index in [1.54, 1.807) is 24.4 Å². The molecule has 0 saturated heterocycles. The van der Waals surface area contributed by atoms with E-state index in [1.165, 1.54) is 4.68 Å². The molecule has 5 nitrogen and oxygen atoms in total. The lowest BCUT2D eigenvalue weighted by Gasteiger charge is -2.13. The molecule has 8 heteroatoms. The monoisotopic (exact) mass is 593 g/mol. The van der Waals surface area contributed by atoms with Gasteiger partial charge in [0.2, 0.25) is 0 Å². The van der Waals surface area contributed by atoms with Crippen molar-refractivity contribution in [1.29, 1.82) is 0 Å². The van der Waals surface area contributed by atoms with Crippen LogP contribution in [0.3, 0.4) is 0 Å². The maximum atomic E-state index is 13.5. The summed E-state index contributed by atoms with van der Waals surface area (Å²) in [6.07, 6.45) is 3.12. The van der Waals surface area contributed by atoms with Crippen molar-refractivity contribution in [1.82, 2.24) is 9.66 Å². The summed E-state index contributed by atoms with van der Waals surface area (Å²) < 4.78 is 8.40. The predicted molar refractivity (Wildman–Crippen MR) is 155 cm³/mol. The van der Waals surface area contributed by atoms with E-state index in [-0.39, 0.29) is 12.2 Å². The quantitative estimate of drug-likeness (QED) is 0.179. The van der Waals surface area contributed by atoms with Gasteiger partial charge in [0.1, 0.15) is 18.2 Å². The molecule has 0 radical (unpaired) electrons. The Labute approximate surface area is 232 Å². The minimum atomic E-state index is -0.221. The normalized spacial score (nSPS) is 11.6. The number of ether oxygens (including phenoxy) is 1. The van der Waals surface area contributed by atoms with Gasteiger partial charge in [-0.2, -0.15) is 9.78 Å². The number of aryl methyl sites for hydroxylation is 1. The highest BCUT2D eigenvalue weighted by atomic mass is 79.9. The Hall–Kier alpha value is -3.19. The average Bonchev–Trinajstić information content (AvgIpc) is 2.89. The molecule has 0 atom stereocenters. The smallest absolute Gasteiger partial charge is 0.282 e. The third kappa shape index (κ3) is 5.42. The lowest BCUT2D eigenvalue weighted by atomic mass is 10.0. The van der Waals surface area contributed by atoms with E-state index in [4.69, 9.17) is 32.9 Å². The zero-order chi connectivity index (χ0) is 25.9. The second kappa shape index (κ2) is 11.1. The highest BCUT2D eigenvalue weighted by molar-refractivity contribution is 9.10. The van der Waals surface area contributed by atoms with Gasteiger partial charge in [-0.05, 0) is 53.6 Å². The first-order chi connectivity index (χ1) is 17.9. The number of hydrogen-bond donors (Lipinski definition) is 0. The fourth-order valence-corrected chi connectivity index (χ4v) is 4.97. The number of hydrogen-bond acceptors (Lipinski definition) is 4. The maximum absolute atomic E-state index is 13.5. The molecule has 0 unspecified atom stereocenters. The van der Waals surface area contributed by atoms with Gasteiger partial charge in [-0.3, -0.25) is 4.79 Å². The van der Waals surface area contributed by atoms with Crippen molar-refractivity contribution in [2.24, 2.45) is 5.10 Å². The van der Waals surface area contributed by atoms with Gasteiger partial charge >= 0.3 is 0 Å². The van der Waals surface area contributed by atoms with Gasteiger partial charge in [-0.15, -0.1) is 0 Å². The fourth-order valence-electron chi connectivity index (χ4n) is 4.14. The highest BCUT2D eigenvalue weighted by Gasteiger charge is 2.13. The standard InChI is InChI=1S/C29H22BrCl2N3O2/c1-2-5-28-34-26-12-10-20(30)14-23(26)29(36)35(28)33-16-24-22-7-4-3-6-18(22)9-13-27(24)37-17-19-8-11-21(31)15-25(19)32/h3-4,6-16H,2,5,17H2,1H3. The first-order valence-electron chi connectivity index (χ1n) is 11.8. The van der Waals surface area contributed by atoms with Gasteiger partial charge in [0.15, 0.2) is 0 Å². The minimum Gasteiger partial charge on any atom is -0.488 e. The van der Waals surface area contributed by atoms with Crippen molar-refractivity contribution in [2.45, 2.75) is 26.4 Å². The van der Waals surface area contributed by atoms with E-state index in [0.29, 0.717) is 38.9 Å². The van der Waals surface area contributed by atoms with Crippen molar-refractivity contribution in [3.8, 4) is 5.75 Å². The molecule has 1 aromatic heterocycles. The summed E-state index contributed by atoms with van der Waals surface area (Å²) in [6, 6.07) is 22.7. The summed E-state index contributed by atoms with van der Waals surface area (Å²) >= 11 is 15.8. The lowest BCUT2D eigenvalue weighted by molar-refractivity contribution is 0.306. The van der Waals surface area contributed by atoms with Crippen molar-refractivity contribution in [2.75, 3.05) is 0 Å². The largest absolute Gasteiger partial charge is 0.488 e. The molecule has 186 valence electrons. The van der Waals surface area contributed by atoms with Crippen LogP contribution in [0, 0.1) is 0 Å². The molecule has 0 bridgehead atoms. The zero-order valence-corrected chi connectivity index (χ0v) is 23.0. The summed E-state index contributed by atoms with van der Waals surface area (Å²) in [5, 5.41) is 8.23. The van der Waals surface area contributed by atoms with Gasteiger partial charge in [0.05, 0.1) is 17.1 Å². The summed E-state index contributed by atoms with van der Waals surface area (Å²) in [5.74, 6) is 1.23. The Morgan fingerprint density at radius 2 is 1.86 bits per heavy atom. The number of fused-ring (bicyclic) bond motifs is 2. The number of halogens is 3. The van der Waals surface area contributed by atoms with E-state index in [2.05, 4.69) is 21.0 Å². The molecule has 1 heterocycles. The molecule has 0 aliphatic rings. The zero-order valence-electron chi connectivity index (χ0n) is 19.9. The van der Waals surface area contributed by atoms with E-state index < -0.39 is 0 Å². The molecular formula is C29H22BrCl2N3O2. The van der Waals surface area contributed by atoms with Crippen molar-refractivity contribution < 1.29 is 4.74 Å². The number of nitrogens with zero attached hydrogens (tertiary/aromatic N) is 3. The van der Waals surface area contributed by atoms with Crippen LogP contribution in [-0.4, -0.2) is 15.9 Å². The van der Waals surface area contributed by atoms with Crippen LogP contribution in [0.5, 0.6) is 5.75 Å². The van der Waals surface area contributed by atoms with Crippen molar-refractivity contribution in [3.05, 3.63) is 115 Å². The Morgan fingerprint density at radius 1 is 1.03 bits per heavy atom. The highest BCUT2D eigenvalue weighted by Crippen LogP contribution is 2.29. The van der Waals surface area contributed by atoms with E-state index in [0.717, 1.165) is 32.8 Å². The summed E-state index contributed by atoms with van der Waals surface area (Å²) in [7, 11) is 0. The van der Waals surface area contributed by atoms with Gasteiger partial charge < -0.3 is 4.74 Å². The van der Waals surface area contributed by atoms with Crippen LogP contribution in [-0.2, 0) is 13.0 Å². The molecule has 5 rings (SSSR count). The second-order valence-electron chi connectivity index (χ2n) is 8.52. The number of aromatic nitrogens is 2. The summed E-state index contributed by atoms with van der Waals surface area (Å²) in [5.41, 5.74) is 2.00. The average molecular weight is 595 g/mol. The van der Waals surface area contributed by atoms with Crippen LogP contribution < -0.4 is 10.3 Å². The molecule has 37 heavy (non-hydrogen) atoms. The van der Waals surface area contributed by atoms with Crippen LogP contribution in [0.15, 0.2) is 87.2 Å². The molecule has 0 N–H and O–H groups in total. The number of benzene rings is 4. The molecule has 0 spiro atoms. The van der Waals surface area contributed by atoms with Gasteiger partial charge in [0.25, 0.3) is 5.56 Å². The minimum absolute atomic E-state index is 0.221. The van der Waals surface area contributed by atoms with Crippen LogP contribution in [0.2, 0.25) is 10.0 Å². The topological polar surface area (TPSA) is 56.5 Å². The van der Waals surface area contributed by atoms with Crippen LogP contribution in [0.25, 0.3) is 21.7 Å². The molecule has 0 amide bonds. The fraction of sp³-hybridized carbons (Fsp3) is 0.138. The maximum Gasteiger partial charge on any atom is 0.282 e. The van der Waals surface area contributed by atoms with Gasteiger partial charge in [0, 0.05) is 32.1 Å². The van der Waals surface area contributed by atoms with Crippen molar-refractivity contribution >= 4 is 67.0 Å². The molecule has 5 aromatic rings. The SMILES string of the molecule is CCCc1nc2ccc(Br)cc2c(=O)n1N=Cc1c(OCc2ccc(Cl)cc2Cl)ccc2ccccc12. The summed E-state index contributed by atoms with van der Waals surface area (Å²) in [6.45, 7) is 2.30. The Bertz CT molecular complexity index is 1720. The first kappa shape index (κ1) is 25.5. The number of rotatable bonds is 7. The van der Waals surface area contributed by atoms with E-state index >= 15 is 0 Å². The van der Waals surface area contributed by atoms with E-state index in [9.17, 15) is 4.79 Å². The predicted octanol–water partition coefficient (Wildman–Crippen LogP) is 8.03. The van der Waals surface area contributed by atoms with Crippen LogP contribution in [0.1, 0.15) is 30.3 Å². The first-order valence-corrected chi connectivity index (χ1v) is 13.3. The molecule has 4 aromatic carbocycles. The molecule has 0 fully saturated rings. The molecule has 0 saturated carbocycles. The Kier molecular flexibility index (Phi) is 7.60. The van der Waals surface area contributed by atoms with Crippen LogP contribution in [0.4, 0.5) is 0 Å². The van der Waals surface area contributed by atoms with Gasteiger partial charge in [-0.1, -0.05) is 82.5 Å². The third-order valence-electron chi connectivity index (χ3n) is 5.98. The van der Waals surface area contributed by atoms with Gasteiger partial charge in [-0.25, -0.2) is 4.98 Å². The Morgan fingerprint density at radius 3 is 2.68 bits per heavy atom. The third-order valence-corrected chi connectivity index (χ3v) is 7.06. The van der Waals surface area contributed by atoms with Crippen molar-refractivity contribution in [3.63, 3.8) is 0 Å². The summed E-state index contributed by atoms with van der Waals surface area (Å²) in [4.78, 5) is 18.2. The molecule has 0 aliphatic heterocycles. The second-order valence-corrected chi connectivity index (χ2v) is 10.3. The van der Waals surface area contributed by atoms with Crippen LogP contribution >= 0.6 is 39.1 Å². The molecule has 0 aliphatic carbocycles. The Balaban J connectivity index is 1.61.